The number of aliphatic imine (C=N–C) groups is 1. The Kier molecular flexibility index (Phi) is 11.4. The third kappa shape index (κ3) is 7.97. The Hall–Kier alpha value is -0.910. The monoisotopic (exact) mass is 549 g/mol. The fourth-order valence-electron chi connectivity index (χ4n) is 3.85. The van der Waals surface area contributed by atoms with Crippen LogP contribution in [0.5, 0.6) is 0 Å². The quantitative estimate of drug-likeness (QED) is 0.311. The van der Waals surface area contributed by atoms with Gasteiger partial charge in [0.15, 0.2) is 5.96 Å². The molecular formula is C21H36IN5O2S. The van der Waals surface area contributed by atoms with Gasteiger partial charge in [-0.15, -0.1) is 35.3 Å². The van der Waals surface area contributed by atoms with E-state index in [4.69, 9.17) is 4.74 Å². The van der Waals surface area contributed by atoms with Crippen LogP contribution in [0.4, 0.5) is 0 Å². The molecule has 2 fully saturated rings. The van der Waals surface area contributed by atoms with Crippen LogP contribution >= 0.6 is 35.3 Å². The van der Waals surface area contributed by atoms with E-state index < -0.39 is 0 Å². The Balaban J connectivity index is 0.00000320. The van der Waals surface area contributed by atoms with Crippen molar-refractivity contribution in [1.82, 2.24) is 20.4 Å². The molecule has 1 aromatic rings. The normalized spacial score (nSPS) is 19.6. The number of rotatable bonds is 7. The molecule has 1 aliphatic carbocycles. The molecule has 1 amide bonds. The molecule has 2 heterocycles. The number of hydrogen-bond acceptors (Lipinski definition) is 5. The van der Waals surface area contributed by atoms with Crippen LogP contribution < -0.4 is 10.6 Å². The summed E-state index contributed by atoms with van der Waals surface area (Å²) in [6.07, 6.45) is 6.16. The number of nitrogens with zero attached hydrogens (tertiary/aromatic N) is 3. The van der Waals surface area contributed by atoms with Gasteiger partial charge in [-0.2, -0.15) is 0 Å². The van der Waals surface area contributed by atoms with Gasteiger partial charge in [-0.05, 0) is 24.3 Å². The Labute approximate surface area is 201 Å². The molecule has 170 valence electrons. The summed E-state index contributed by atoms with van der Waals surface area (Å²) >= 11 is 1.79. The second kappa shape index (κ2) is 13.5. The number of nitrogens with one attached hydrogen (secondary N) is 2. The zero-order chi connectivity index (χ0) is 20.5. The van der Waals surface area contributed by atoms with Gasteiger partial charge in [-0.25, -0.2) is 4.99 Å². The number of amides is 1. The van der Waals surface area contributed by atoms with Gasteiger partial charge in [-0.1, -0.05) is 25.3 Å². The Morgan fingerprint density at radius 3 is 2.67 bits per heavy atom. The molecule has 2 N–H and O–H groups in total. The van der Waals surface area contributed by atoms with Gasteiger partial charge in [0, 0.05) is 44.6 Å². The number of carbonyl (C=O) groups excluding carboxylic acids is 1. The zero-order valence-electron chi connectivity index (χ0n) is 18.1. The zero-order valence-corrected chi connectivity index (χ0v) is 21.3. The maximum Gasteiger partial charge on any atom is 0.243 e. The lowest BCUT2D eigenvalue weighted by molar-refractivity contribution is -0.127. The molecule has 0 spiro atoms. The minimum Gasteiger partial charge on any atom is -0.379 e. The van der Waals surface area contributed by atoms with Crippen molar-refractivity contribution in [3.8, 4) is 0 Å². The number of guanidine groups is 1. The number of likely N-dealkylation sites (N-methyl/N-ethyl adjacent to an activating group) is 1. The minimum absolute atomic E-state index is 0. The summed E-state index contributed by atoms with van der Waals surface area (Å²) in [6, 6.07) is 5.03. The third-order valence-corrected chi connectivity index (χ3v) is 6.61. The molecule has 2 aliphatic rings. The molecule has 9 heteroatoms. The van der Waals surface area contributed by atoms with Crippen LogP contribution in [0.3, 0.4) is 0 Å². The van der Waals surface area contributed by atoms with E-state index in [1.54, 1.807) is 30.3 Å². The Morgan fingerprint density at radius 2 is 2.03 bits per heavy atom. The fourth-order valence-corrected chi connectivity index (χ4v) is 4.71. The third-order valence-electron chi connectivity index (χ3n) is 5.64. The van der Waals surface area contributed by atoms with E-state index >= 15 is 0 Å². The van der Waals surface area contributed by atoms with Crippen LogP contribution in [0.25, 0.3) is 0 Å². The summed E-state index contributed by atoms with van der Waals surface area (Å²) in [6.45, 7) is 4.35. The van der Waals surface area contributed by atoms with E-state index in [2.05, 4.69) is 38.0 Å². The SMILES string of the molecule is CN(C)C(=O)CN=C(NCC(c1cccs1)N1CCOCC1)NC1CCCCC1.I. The number of halogens is 1. The van der Waals surface area contributed by atoms with Gasteiger partial charge >= 0.3 is 0 Å². The highest BCUT2D eigenvalue weighted by atomic mass is 127. The number of carbonyl (C=O) groups is 1. The number of hydrogen-bond donors (Lipinski definition) is 2. The first-order valence-electron chi connectivity index (χ1n) is 10.7. The molecule has 30 heavy (non-hydrogen) atoms. The van der Waals surface area contributed by atoms with E-state index in [0.717, 1.165) is 38.8 Å². The maximum absolute atomic E-state index is 12.1. The van der Waals surface area contributed by atoms with Crippen LogP contribution in [-0.4, -0.2) is 81.2 Å². The largest absolute Gasteiger partial charge is 0.379 e. The second-order valence-electron chi connectivity index (χ2n) is 7.99. The summed E-state index contributed by atoms with van der Waals surface area (Å²) in [7, 11) is 3.54. The van der Waals surface area contributed by atoms with Gasteiger partial charge in [-0.3, -0.25) is 9.69 Å². The summed E-state index contributed by atoms with van der Waals surface area (Å²) < 4.78 is 5.54. The van der Waals surface area contributed by atoms with Crippen molar-refractivity contribution in [3.63, 3.8) is 0 Å². The first-order chi connectivity index (χ1) is 14.1. The highest BCUT2D eigenvalue weighted by Crippen LogP contribution is 2.25. The van der Waals surface area contributed by atoms with Crippen LogP contribution in [0.1, 0.15) is 43.0 Å². The first-order valence-corrected chi connectivity index (χ1v) is 11.6. The van der Waals surface area contributed by atoms with Crippen molar-refractivity contribution in [2.45, 2.75) is 44.2 Å². The average Bonchev–Trinajstić information content (AvgIpc) is 3.27. The predicted octanol–water partition coefficient (Wildman–Crippen LogP) is 2.70. The Morgan fingerprint density at radius 1 is 1.30 bits per heavy atom. The van der Waals surface area contributed by atoms with Crippen LogP contribution in [0.15, 0.2) is 22.5 Å². The van der Waals surface area contributed by atoms with Crippen LogP contribution in [-0.2, 0) is 9.53 Å². The molecule has 0 aromatic carbocycles. The lowest BCUT2D eigenvalue weighted by atomic mass is 9.96. The summed E-state index contributed by atoms with van der Waals surface area (Å²) in [5, 5.41) is 9.25. The van der Waals surface area contributed by atoms with Crippen LogP contribution in [0, 0.1) is 0 Å². The molecule has 7 nitrogen and oxygen atoms in total. The summed E-state index contributed by atoms with van der Waals surface area (Å²) in [5.41, 5.74) is 0. The van der Waals surface area contributed by atoms with E-state index in [1.807, 2.05) is 0 Å². The summed E-state index contributed by atoms with van der Waals surface area (Å²) in [4.78, 5) is 22.1. The number of ether oxygens (including phenoxy) is 1. The smallest absolute Gasteiger partial charge is 0.243 e. The standard InChI is InChI=1S/C21H35N5O2S.HI/c1-25(2)20(27)16-23-21(24-17-7-4-3-5-8-17)22-15-18(19-9-6-14-29-19)26-10-12-28-13-11-26;/h6,9,14,17-18H,3-5,7-8,10-13,15-16H2,1-2H3,(H2,22,23,24);1H. The molecule has 0 bridgehead atoms. The summed E-state index contributed by atoms with van der Waals surface area (Å²) in [5.74, 6) is 0.764. The predicted molar refractivity (Wildman–Crippen MR) is 134 cm³/mol. The van der Waals surface area contributed by atoms with Crippen molar-refractivity contribution >= 4 is 47.2 Å². The topological polar surface area (TPSA) is 69.2 Å². The Bertz CT molecular complexity index is 644. The van der Waals surface area contributed by atoms with E-state index in [0.29, 0.717) is 6.04 Å². The van der Waals surface area contributed by atoms with Crippen molar-refractivity contribution in [2.24, 2.45) is 4.99 Å². The van der Waals surface area contributed by atoms with Crippen molar-refractivity contribution in [1.29, 1.82) is 0 Å². The number of morpholine rings is 1. The van der Waals surface area contributed by atoms with Gasteiger partial charge in [0.1, 0.15) is 6.54 Å². The molecule has 3 rings (SSSR count). The fraction of sp³-hybridized carbons (Fsp3) is 0.714. The molecule has 1 saturated heterocycles. The molecule has 1 aromatic heterocycles. The molecule has 1 aliphatic heterocycles. The lowest BCUT2D eigenvalue weighted by Gasteiger charge is -2.34. The van der Waals surface area contributed by atoms with Gasteiger partial charge < -0.3 is 20.3 Å². The highest BCUT2D eigenvalue weighted by Gasteiger charge is 2.24. The number of thiophene rings is 1. The maximum atomic E-state index is 12.1. The molecule has 1 unspecified atom stereocenters. The lowest BCUT2D eigenvalue weighted by Crippen LogP contribution is -2.49. The van der Waals surface area contributed by atoms with E-state index in [9.17, 15) is 4.79 Å². The molecular weight excluding hydrogens is 513 g/mol. The van der Waals surface area contributed by atoms with Crippen molar-refractivity contribution in [2.75, 3.05) is 53.5 Å². The van der Waals surface area contributed by atoms with E-state index in [1.165, 1.54) is 37.0 Å². The van der Waals surface area contributed by atoms with Crippen molar-refractivity contribution < 1.29 is 9.53 Å². The molecule has 0 radical (unpaired) electrons. The minimum atomic E-state index is 0. The van der Waals surface area contributed by atoms with E-state index in [-0.39, 0.29) is 42.5 Å². The van der Waals surface area contributed by atoms with Crippen molar-refractivity contribution in [3.05, 3.63) is 22.4 Å². The van der Waals surface area contributed by atoms with Gasteiger partial charge in [0.25, 0.3) is 0 Å². The van der Waals surface area contributed by atoms with Crippen LogP contribution in [0.2, 0.25) is 0 Å². The first kappa shape index (κ1) is 25.4. The molecule has 1 atom stereocenters. The highest BCUT2D eigenvalue weighted by molar-refractivity contribution is 14.0. The van der Waals surface area contributed by atoms with Gasteiger partial charge in [0.2, 0.25) is 5.91 Å². The average molecular weight is 550 g/mol. The molecule has 1 saturated carbocycles. The van der Waals surface area contributed by atoms with Gasteiger partial charge in [0.05, 0.1) is 19.3 Å². The second-order valence-corrected chi connectivity index (χ2v) is 8.97.